The zero-order chi connectivity index (χ0) is 15.8. The number of carbonyl (C=O) groups excluding carboxylic acids is 1. The fraction of sp³-hybridized carbons (Fsp3) is 0.385. The van der Waals surface area contributed by atoms with Gasteiger partial charge in [-0.25, -0.2) is 4.79 Å². The van der Waals surface area contributed by atoms with E-state index in [1.54, 1.807) is 19.1 Å². The number of benzene rings is 1. The third-order valence-corrected chi connectivity index (χ3v) is 3.40. The van der Waals surface area contributed by atoms with Crippen molar-refractivity contribution in [1.29, 1.82) is 0 Å². The largest absolute Gasteiger partial charge is 0.481 e. The van der Waals surface area contributed by atoms with Gasteiger partial charge in [0.05, 0.1) is 12.1 Å². The van der Waals surface area contributed by atoms with E-state index in [1.165, 1.54) is 17.0 Å². The van der Waals surface area contributed by atoms with Crippen LogP contribution in [0.5, 0.6) is 0 Å². The van der Waals surface area contributed by atoms with E-state index in [-0.39, 0.29) is 23.5 Å². The second-order valence-corrected chi connectivity index (χ2v) is 5.06. The molecule has 0 aromatic heterocycles. The third-order valence-electron chi connectivity index (χ3n) is 2.61. The summed E-state index contributed by atoms with van der Waals surface area (Å²) in [7, 11) is 0. The molecular weight excluding hydrogens is 302 g/mol. The molecule has 1 aromatic rings. The number of carbonyl (C=O) groups is 2. The zero-order valence-electron chi connectivity index (χ0n) is 11.4. The molecule has 0 bridgehead atoms. The third kappa shape index (κ3) is 5.99. The minimum atomic E-state index is -2.59. The number of amides is 2. The monoisotopic (exact) mass is 318 g/mol. The quantitative estimate of drug-likeness (QED) is 0.757. The molecule has 2 amide bonds. The molecule has 2 N–H and O–H groups in total. The number of hydrogen-bond donors (Lipinski definition) is 2. The maximum atomic E-state index is 12.4. The first-order chi connectivity index (χ1) is 9.93. The van der Waals surface area contributed by atoms with Crippen LogP contribution in [0.1, 0.15) is 13.3 Å². The number of anilines is 1. The predicted octanol–water partition coefficient (Wildman–Crippen LogP) is 3.33. The number of rotatable bonds is 7. The Bertz CT molecular complexity index is 500. The van der Waals surface area contributed by atoms with Crippen molar-refractivity contribution in [3.63, 3.8) is 0 Å². The SMILES string of the molecule is CCN(CCC(=O)O)C(=O)Nc1ccccc1SC(F)F. The second kappa shape index (κ2) is 8.46. The lowest BCUT2D eigenvalue weighted by molar-refractivity contribution is -0.137. The lowest BCUT2D eigenvalue weighted by atomic mass is 10.3. The Morgan fingerprint density at radius 3 is 2.62 bits per heavy atom. The molecule has 8 heteroatoms. The van der Waals surface area contributed by atoms with Gasteiger partial charge in [-0.1, -0.05) is 23.9 Å². The van der Waals surface area contributed by atoms with Gasteiger partial charge in [0.1, 0.15) is 0 Å². The Kier molecular flexibility index (Phi) is 6.93. The van der Waals surface area contributed by atoms with Crippen LogP contribution in [-0.2, 0) is 4.79 Å². The average Bonchev–Trinajstić information content (AvgIpc) is 2.40. The van der Waals surface area contributed by atoms with Crippen LogP contribution in [0.25, 0.3) is 0 Å². The molecule has 0 saturated heterocycles. The van der Waals surface area contributed by atoms with Gasteiger partial charge in [-0.3, -0.25) is 4.79 Å². The van der Waals surface area contributed by atoms with E-state index in [2.05, 4.69) is 5.32 Å². The van der Waals surface area contributed by atoms with Crippen LogP contribution < -0.4 is 5.32 Å². The fourth-order valence-corrected chi connectivity index (χ4v) is 2.19. The Labute approximate surface area is 125 Å². The first kappa shape index (κ1) is 17.2. The number of nitrogens with one attached hydrogen (secondary N) is 1. The molecule has 0 spiro atoms. The molecule has 0 heterocycles. The molecule has 0 aliphatic carbocycles. The van der Waals surface area contributed by atoms with Gasteiger partial charge in [-0.05, 0) is 19.1 Å². The van der Waals surface area contributed by atoms with E-state index in [4.69, 9.17) is 5.11 Å². The Hall–Kier alpha value is -1.83. The van der Waals surface area contributed by atoms with Gasteiger partial charge in [0.25, 0.3) is 5.76 Å². The summed E-state index contributed by atoms with van der Waals surface area (Å²) in [4.78, 5) is 24.1. The molecule has 116 valence electrons. The topological polar surface area (TPSA) is 69.6 Å². The smallest absolute Gasteiger partial charge is 0.321 e. The number of thioether (sulfide) groups is 1. The van der Waals surface area contributed by atoms with Crippen molar-refractivity contribution < 1.29 is 23.5 Å². The van der Waals surface area contributed by atoms with E-state index >= 15 is 0 Å². The Balaban J connectivity index is 2.74. The van der Waals surface area contributed by atoms with Crippen LogP contribution in [0.3, 0.4) is 0 Å². The van der Waals surface area contributed by atoms with Crippen LogP contribution in [-0.4, -0.2) is 40.9 Å². The number of hydrogen-bond acceptors (Lipinski definition) is 3. The lowest BCUT2D eigenvalue weighted by Gasteiger charge is -2.21. The molecular formula is C13H16F2N2O3S. The van der Waals surface area contributed by atoms with E-state index in [9.17, 15) is 18.4 Å². The van der Waals surface area contributed by atoms with Crippen molar-refractivity contribution in [3.8, 4) is 0 Å². The number of halogens is 2. The molecule has 5 nitrogen and oxygen atoms in total. The number of para-hydroxylation sites is 1. The number of carboxylic acids is 1. The van der Waals surface area contributed by atoms with Gasteiger partial charge < -0.3 is 15.3 Å². The van der Waals surface area contributed by atoms with Crippen molar-refractivity contribution in [3.05, 3.63) is 24.3 Å². The molecule has 1 aromatic carbocycles. The summed E-state index contributed by atoms with van der Waals surface area (Å²) >= 11 is 0.344. The molecule has 0 fully saturated rings. The van der Waals surface area contributed by atoms with Gasteiger partial charge in [0.2, 0.25) is 0 Å². The second-order valence-electron chi connectivity index (χ2n) is 4.03. The summed E-state index contributed by atoms with van der Waals surface area (Å²) < 4.78 is 24.9. The van der Waals surface area contributed by atoms with Crippen molar-refractivity contribution in [2.24, 2.45) is 0 Å². The lowest BCUT2D eigenvalue weighted by Crippen LogP contribution is -2.36. The molecule has 0 aliphatic rings. The first-order valence-electron chi connectivity index (χ1n) is 6.25. The summed E-state index contributed by atoms with van der Waals surface area (Å²) in [6.07, 6.45) is -0.172. The van der Waals surface area contributed by atoms with E-state index in [1.807, 2.05) is 0 Å². The summed E-state index contributed by atoms with van der Waals surface area (Å²) in [5, 5.41) is 11.2. The van der Waals surface area contributed by atoms with Gasteiger partial charge >= 0.3 is 12.0 Å². The van der Waals surface area contributed by atoms with Crippen LogP contribution in [0.15, 0.2) is 29.2 Å². The van der Waals surface area contributed by atoms with Crippen molar-refractivity contribution in [2.45, 2.75) is 24.0 Å². The van der Waals surface area contributed by atoms with Crippen molar-refractivity contribution in [1.82, 2.24) is 4.90 Å². The van der Waals surface area contributed by atoms with Crippen LogP contribution in [0, 0.1) is 0 Å². The van der Waals surface area contributed by atoms with Gasteiger partial charge in [-0.2, -0.15) is 8.78 Å². The first-order valence-corrected chi connectivity index (χ1v) is 7.13. The molecule has 1 rings (SSSR count). The molecule has 21 heavy (non-hydrogen) atoms. The number of alkyl halides is 2. The van der Waals surface area contributed by atoms with Gasteiger partial charge in [-0.15, -0.1) is 0 Å². The predicted molar refractivity (Wildman–Crippen MR) is 76.8 cm³/mol. The fourth-order valence-electron chi connectivity index (χ4n) is 1.60. The van der Waals surface area contributed by atoms with Crippen LogP contribution in [0.4, 0.5) is 19.3 Å². The summed E-state index contributed by atoms with van der Waals surface area (Å²) in [5.41, 5.74) is 0.279. The zero-order valence-corrected chi connectivity index (χ0v) is 12.2. The Morgan fingerprint density at radius 2 is 2.05 bits per heavy atom. The van der Waals surface area contributed by atoms with Crippen molar-refractivity contribution >= 4 is 29.4 Å². The normalized spacial score (nSPS) is 10.5. The van der Waals surface area contributed by atoms with E-state index < -0.39 is 17.8 Å². The summed E-state index contributed by atoms with van der Waals surface area (Å²) in [5.74, 6) is -3.59. The van der Waals surface area contributed by atoms with Gasteiger partial charge in [0.15, 0.2) is 0 Å². The highest BCUT2D eigenvalue weighted by atomic mass is 32.2. The van der Waals surface area contributed by atoms with Crippen LogP contribution in [0.2, 0.25) is 0 Å². The minimum Gasteiger partial charge on any atom is -0.481 e. The highest BCUT2D eigenvalue weighted by Crippen LogP contribution is 2.31. The summed E-state index contributed by atoms with van der Waals surface area (Å²) in [6, 6.07) is 5.72. The number of nitrogens with zero attached hydrogens (tertiary/aromatic N) is 1. The number of urea groups is 1. The van der Waals surface area contributed by atoms with Gasteiger partial charge in [0, 0.05) is 18.0 Å². The van der Waals surface area contributed by atoms with Crippen LogP contribution >= 0.6 is 11.8 Å². The number of carboxylic acid groups (broad SMARTS) is 1. The highest BCUT2D eigenvalue weighted by Gasteiger charge is 2.16. The molecule has 0 radical (unpaired) electrons. The maximum Gasteiger partial charge on any atom is 0.321 e. The van der Waals surface area contributed by atoms with E-state index in [0.717, 1.165) is 0 Å². The van der Waals surface area contributed by atoms with E-state index in [0.29, 0.717) is 18.3 Å². The minimum absolute atomic E-state index is 0.0574. The standard InChI is InChI=1S/C13H16F2N2O3S/c1-2-17(8-7-11(18)19)13(20)16-9-5-3-4-6-10(9)21-12(14)15/h3-6,12H,2,7-8H2,1H3,(H,16,20)(H,18,19). The number of aliphatic carboxylic acids is 1. The maximum absolute atomic E-state index is 12.4. The molecule has 0 aliphatic heterocycles. The molecule has 0 unspecified atom stereocenters. The molecule has 0 atom stereocenters. The average molecular weight is 318 g/mol. The Morgan fingerprint density at radius 1 is 1.38 bits per heavy atom. The highest BCUT2D eigenvalue weighted by molar-refractivity contribution is 7.99. The summed E-state index contributed by atoms with van der Waals surface area (Å²) in [6.45, 7) is 2.09. The molecule has 0 saturated carbocycles. The van der Waals surface area contributed by atoms with Crippen molar-refractivity contribution in [2.75, 3.05) is 18.4 Å².